The molecule has 2 atom stereocenters. The van der Waals surface area contributed by atoms with Gasteiger partial charge in [-0.2, -0.15) is 15.0 Å². The second-order valence-electron chi connectivity index (χ2n) is 7.12. The number of nitrogens with zero attached hydrogens (tertiary/aromatic N) is 5. The van der Waals surface area contributed by atoms with E-state index in [4.69, 9.17) is 0 Å². The number of para-hydroxylation sites is 1. The van der Waals surface area contributed by atoms with Crippen molar-refractivity contribution in [3.8, 4) is 5.69 Å². The largest absolute Gasteiger partial charge is 0.338 e. The highest BCUT2D eigenvalue weighted by molar-refractivity contribution is 5.79. The van der Waals surface area contributed by atoms with E-state index >= 15 is 0 Å². The van der Waals surface area contributed by atoms with E-state index in [1.165, 1.54) is 12.8 Å². The molecule has 4 rings (SSSR count). The SMILES string of the molecule is CN1CCC[C@H]1[C@@H]1CCCN1C(=O)Cc1cnn(-c2ccccc2)n1. The molecule has 0 saturated carbocycles. The quantitative estimate of drug-likeness (QED) is 0.854. The van der Waals surface area contributed by atoms with Crippen LogP contribution in [0.3, 0.4) is 0 Å². The van der Waals surface area contributed by atoms with Gasteiger partial charge < -0.3 is 9.80 Å². The number of rotatable bonds is 4. The standard InChI is InChI=1S/C19H25N5O/c1-22-11-5-9-17(22)18-10-6-12-23(18)19(25)13-15-14-20-24(21-15)16-7-3-2-4-8-16/h2-4,7-8,14,17-18H,5-6,9-13H2,1H3/t17-,18-/m0/s1. The maximum absolute atomic E-state index is 12.9. The van der Waals surface area contributed by atoms with E-state index in [9.17, 15) is 4.79 Å². The summed E-state index contributed by atoms with van der Waals surface area (Å²) in [6, 6.07) is 10.7. The summed E-state index contributed by atoms with van der Waals surface area (Å²) in [6.07, 6.45) is 6.71. The minimum atomic E-state index is 0.183. The molecule has 2 aliphatic heterocycles. The zero-order chi connectivity index (χ0) is 17.2. The Morgan fingerprint density at radius 2 is 1.88 bits per heavy atom. The summed E-state index contributed by atoms with van der Waals surface area (Å²) in [6.45, 7) is 2.02. The van der Waals surface area contributed by atoms with Gasteiger partial charge in [-0.25, -0.2) is 0 Å². The van der Waals surface area contributed by atoms with E-state index in [1.54, 1.807) is 11.0 Å². The molecule has 0 N–H and O–H groups in total. The van der Waals surface area contributed by atoms with E-state index in [0.717, 1.165) is 37.3 Å². The van der Waals surface area contributed by atoms with Crippen molar-refractivity contribution < 1.29 is 4.79 Å². The molecule has 0 spiro atoms. The Hall–Kier alpha value is -2.21. The van der Waals surface area contributed by atoms with E-state index in [0.29, 0.717) is 18.5 Å². The summed E-state index contributed by atoms with van der Waals surface area (Å²) in [4.78, 5) is 19.0. The highest BCUT2D eigenvalue weighted by atomic mass is 16.2. The normalized spacial score (nSPS) is 24.1. The van der Waals surface area contributed by atoms with Gasteiger partial charge in [-0.1, -0.05) is 18.2 Å². The number of benzene rings is 1. The third kappa shape index (κ3) is 3.31. The number of hydrogen-bond acceptors (Lipinski definition) is 4. The van der Waals surface area contributed by atoms with E-state index < -0.39 is 0 Å². The smallest absolute Gasteiger partial charge is 0.229 e. The number of aromatic nitrogens is 3. The summed E-state index contributed by atoms with van der Waals surface area (Å²) in [5.74, 6) is 0.183. The van der Waals surface area contributed by atoms with Crippen LogP contribution in [0, 0.1) is 0 Å². The lowest BCUT2D eigenvalue weighted by molar-refractivity contribution is -0.132. The summed E-state index contributed by atoms with van der Waals surface area (Å²) >= 11 is 0. The van der Waals surface area contributed by atoms with Crippen molar-refractivity contribution in [2.24, 2.45) is 0 Å². The summed E-state index contributed by atoms with van der Waals surface area (Å²) < 4.78 is 0. The van der Waals surface area contributed by atoms with Crippen LogP contribution in [0.4, 0.5) is 0 Å². The van der Waals surface area contributed by atoms with Gasteiger partial charge in [0.1, 0.15) is 0 Å². The Morgan fingerprint density at radius 3 is 2.64 bits per heavy atom. The second kappa shape index (κ2) is 6.96. The highest BCUT2D eigenvalue weighted by Crippen LogP contribution is 2.29. The van der Waals surface area contributed by atoms with Crippen LogP contribution >= 0.6 is 0 Å². The second-order valence-corrected chi connectivity index (χ2v) is 7.12. The molecule has 6 heteroatoms. The van der Waals surface area contributed by atoms with Crippen LogP contribution in [-0.2, 0) is 11.2 Å². The predicted molar refractivity (Wildman–Crippen MR) is 95.5 cm³/mol. The van der Waals surface area contributed by atoms with Crippen LogP contribution in [0.2, 0.25) is 0 Å². The summed E-state index contributed by atoms with van der Waals surface area (Å²) in [5.41, 5.74) is 1.65. The maximum atomic E-state index is 12.9. The number of carbonyl (C=O) groups is 1. The molecule has 0 unspecified atom stereocenters. The Kier molecular flexibility index (Phi) is 4.53. The van der Waals surface area contributed by atoms with Gasteiger partial charge in [0.05, 0.1) is 24.0 Å². The molecule has 2 saturated heterocycles. The lowest BCUT2D eigenvalue weighted by Crippen LogP contribution is -2.47. The van der Waals surface area contributed by atoms with E-state index in [2.05, 4.69) is 27.0 Å². The molecular weight excluding hydrogens is 314 g/mol. The molecule has 25 heavy (non-hydrogen) atoms. The molecular formula is C19H25N5O. The molecule has 0 radical (unpaired) electrons. The molecule has 3 heterocycles. The fourth-order valence-electron chi connectivity index (χ4n) is 4.24. The van der Waals surface area contributed by atoms with E-state index in [1.807, 2.05) is 30.3 Å². The van der Waals surface area contributed by atoms with Crippen LogP contribution in [0.25, 0.3) is 5.69 Å². The fourth-order valence-corrected chi connectivity index (χ4v) is 4.24. The molecule has 0 aliphatic carbocycles. The van der Waals surface area contributed by atoms with Crippen LogP contribution in [-0.4, -0.2) is 62.9 Å². The van der Waals surface area contributed by atoms with Gasteiger partial charge >= 0.3 is 0 Å². The summed E-state index contributed by atoms with van der Waals surface area (Å²) in [7, 11) is 2.18. The molecule has 1 aromatic carbocycles. The van der Waals surface area contributed by atoms with Crippen molar-refractivity contribution in [3.63, 3.8) is 0 Å². The first-order valence-electron chi connectivity index (χ1n) is 9.19. The van der Waals surface area contributed by atoms with Crippen LogP contribution in [0.1, 0.15) is 31.4 Å². The van der Waals surface area contributed by atoms with Crippen LogP contribution in [0.5, 0.6) is 0 Å². The monoisotopic (exact) mass is 339 g/mol. The molecule has 6 nitrogen and oxygen atoms in total. The number of amides is 1. The lowest BCUT2D eigenvalue weighted by Gasteiger charge is -2.33. The molecule has 2 aliphatic rings. The predicted octanol–water partition coefficient (Wildman–Crippen LogP) is 1.89. The zero-order valence-electron chi connectivity index (χ0n) is 14.7. The lowest BCUT2D eigenvalue weighted by atomic mass is 10.0. The number of hydrogen-bond donors (Lipinski definition) is 0. The number of likely N-dealkylation sites (N-methyl/N-ethyl adjacent to an activating group) is 1. The average Bonchev–Trinajstić information content (AvgIpc) is 3.35. The fraction of sp³-hybridized carbons (Fsp3) is 0.526. The van der Waals surface area contributed by atoms with Crippen molar-refractivity contribution in [1.29, 1.82) is 0 Å². The van der Waals surface area contributed by atoms with E-state index in [-0.39, 0.29) is 5.91 Å². The van der Waals surface area contributed by atoms with Crippen molar-refractivity contribution in [3.05, 3.63) is 42.2 Å². The Labute approximate surface area is 148 Å². The van der Waals surface area contributed by atoms with Gasteiger partial charge in [0.2, 0.25) is 5.91 Å². The van der Waals surface area contributed by atoms with Gasteiger partial charge in [0, 0.05) is 18.6 Å². The van der Waals surface area contributed by atoms with Gasteiger partial charge in [-0.15, -0.1) is 0 Å². The Morgan fingerprint density at radius 1 is 1.12 bits per heavy atom. The summed E-state index contributed by atoms with van der Waals surface area (Å²) in [5, 5.41) is 8.78. The van der Waals surface area contributed by atoms with Crippen molar-refractivity contribution in [2.45, 2.75) is 44.2 Å². The van der Waals surface area contributed by atoms with Crippen molar-refractivity contribution in [2.75, 3.05) is 20.1 Å². The first-order chi connectivity index (χ1) is 12.2. The van der Waals surface area contributed by atoms with Crippen molar-refractivity contribution in [1.82, 2.24) is 24.8 Å². The van der Waals surface area contributed by atoms with Crippen LogP contribution < -0.4 is 0 Å². The average molecular weight is 339 g/mol. The molecule has 1 aromatic heterocycles. The third-order valence-electron chi connectivity index (χ3n) is 5.50. The number of carbonyl (C=O) groups excluding carboxylic acids is 1. The molecule has 132 valence electrons. The van der Waals surface area contributed by atoms with Gasteiger partial charge in [-0.05, 0) is 51.4 Å². The van der Waals surface area contributed by atoms with Crippen LogP contribution in [0.15, 0.2) is 36.5 Å². The first kappa shape index (κ1) is 16.3. The highest BCUT2D eigenvalue weighted by Gasteiger charge is 2.38. The van der Waals surface area contributed by atoms with Crippen molar-refractivity contribution >= 4 is 5.91 Å². The van der Waals surface area contributed by atoms with Gasteiger partial charge in [0.25, 0.3) is 0 Å². The zero-order valence-corrected chi connectivity index (χ0v) is 14.7. The van der Waals surface area contributed by atoms with Gasteiger partial charge in [-0.3, -0.25) is 4.79 Å². The minimum absolute atomic E-state index is 0.183. The molecule has 2 aromatic rings. The third-order valence-corrected chi connectivity index (χ3v) is 5.50. The first-order valence-corrected chi connectivity index (χ1v) is 9.19. The Balaban J connectivity index is 1.44. The van der Waals surface area contributed by atoms with Gasteiger partial charge in [0.15, 0.2) is 0 Å². The molecule has 1 amide bonds. The number of likely N-dealkylation sites (tertiary alicyclic amines) is 2. The maximum Gasteiger partial charge on any atom is 0.229 e. The molecule has 2 fully saturated rings. The molecule has 0 bridgehead atoms. The minimum Gasteiger partial charge on any atom is -0.338 e. The topological polar surface area (TPSA) is 54.3 Å². The Bertz CT molecular complexity index is 728.